The minimum Gasteiger partial charge on any atom is -0.439 e. The van der Waals surface area contributed by atoms with Crippen LogP contribution >= 0.6 is 0 Å². The molecule has 0 radical (unpaired) electrons. The summed E-state index contributed by atoms with van der Waals surface area (Å²) in [6, 6.07) is 6.24. The Balaban J connectivity index is 1.71. The molecule has 0 amide bonds. The highest BCUT2D eigenvalue weighted by atomic mass is 16.3. The molecular weight excluding hydrogens is 212 g/mol. The molecule has 3 rings (SSSR count). The highest BCUT2D eigenvalue weighted by Crippen LogP contribution is 2.27. The summed E-state index contributed by atoms with van der Waals surface area (Å²) in [7, 11) is 0. The zero-order chi connectivity index (χ0) is 11.7. The van der Waals surface area contributed by atoms with E-state index in [1.807, 2.05) is 6.07 Å². The van der Waals surface area contributed by atoms with E-state index in [2.05, 4.69) is 29.4 Å². The molecule has 0 unspecified atom stereocenters. The van der Waals surface area contributed by atoms with Crippen LogP contribution in [0.1, 0.15) is 31.2 Å². The van der Waals surface area contributed by atoms with E-state index >= 15 is 0 Å². The lowest BCUT2D eigenvalue weighted by molar-refractivity contribution is 0.490. The van der Waals surface area contributed by atoms with E-state index in [0.29, 0.717) is 0 Å². The molecule has 0 bridgehead atoms. The third-order valence-electron chi connectivity index (χ3n) is 3.31. The fourth-order valence-electron chi connectivity index (χ4n) is 2.02. The first-order valence-electron chi connectivity index (χ1n) is 6.44. The second kappa shape index (κ2) is 4.49. The lowest BCUT2D eigenvalue weighted by atomic mass is 10.1. The van der Waals surface area contributed by atoms with Gasteiger partial charge in [0.25, 0.3) is 0 Å². The van der Waals surface area contributed by atoms with Crippen molar-refractivity contribution in [3.8, 4) is 0 Å². The van der Waals surface area contributed by atoms with Crippen molar-refractivity contribution in [1.82, 2.24) is 10.3 Å². The molecule has 17 heavy (non-hydrogen) atoms. The van der Waals surface area contributed by atoms with Gasteiger partial charge in [-0.1, -0.05) is 13.0 Å². The topological polar surface area (TPSA) is 38.1 Å². The molecule has 90 valence electrons. The van der Waals surface area contributed by atoms with Gasteiger partial charge >= 0.3 is 0 Å². The van der Waals surface area contributed by atoms with E-state index in [1.165, 1.54) is 18.4 Å². The van der Waals surface area contributed by atoms with Gasteiger partial charge in [0.05, 0.1) is 6.54 Å². The number of hydrogen-bond donors (Lipinski definition) is 1. The molecular formula is C14H18N2O. The van der Waals surface area contributed by atoms with Crippen molar-refractivity contribution in [3.63, 3.8) is 0 Å². The van der Waals surface area contributed by atoms with Crippen molar-refractivity contribution in [3.05, 3.63) is 29.7 Å². The SMILES string of the molecule is CCc1ccc2oc(CNCC3CC3)nc2c1. The summed E-state index contributed by atoms with van der Waals surface area (Å²) in [5.74, 6) is 1.69. The summed E-state index contributed by atoms with van der Waals surface area (Å²) in [5.41, 5.74) is 3.18. The van der Waals surface area contributed by atoms with Gasteiger partial charge < -0.3 is 9.73 Å². The maximum atomic E-state index is 5.70. The summed E-state index contributed by atoms with van der Waals surface area (Å²) in [4.78, 5) is 4.51. The first-order valence-corrected chi connectivity index (χ1v) is 6.44. The Morgan fingerprint density at radius 3 is 3.06 bits per heavy atom. The minimum atomic E-state index is 0.743. The van der Waals surface area contributed by atoms with Gasteiger partial charge in [0, 0.05) is 0 Å². The van der Waals surface area contributed by atoms with Gasteiger partial charge in [0.1, 0.15) is 5.52 Å². The lowest BCUT2D eigenvalue weighted by Crippen LogP contribution is -2.16. The second-order valence-corrected chi connectivity index (χ2v) is 4.84. The molecule has 2 aromatic rings. The van der Waals surface area contributed by atoms with E-state index in [0.717, 1.165) is 42.4 Å². The van der Waals surface area contributed by atoms with E-state index < -0.39 is 0 Å². The Morgan fingerprint density at radius 2 is 2.29 bits per heavy atom. The smallest absolute Gasteiger partial charge is 0.209 e. The highest BCUT2D eigenvalue weighted by molar-refractivity contribution is 5.73. The molecule has 0 atom stereocenters. The molecule has 1 heterocycles. The van der Waals surface area contributed by atoms with Crippen molar-refractivity contribution in [2.45, 2.75) is 32.7 Å². The van der Waals surface area contributed by atoms with Crippen molar-refractivity contribution >= 4 is 11.1 Å². The van der Waals surface area contributed by atoms with Crippen LogP contribution in [0.25, 0.3) is 11.1 Å². The molecule has 1 aliphatic rings. The maximum Gasteiger partial charge on any atom is 0.209 e. The highest BCUT2D eigenvalue weighted by Gasteiger charge is 2.20. The molecule has 0 saturated heterocycles. The van der Waals surface area contributed by atoms with Gasteiger partial charge in [0.15, 0.2) is 5.58 Å². The molecule has 1 aromatic carbocycles. The third kappa shape index (κ3) is 2.50. The van der Waals surface area contributed by atoms with E-state index in [-0.39, 0.29) is 0 Å². The fraction of sp³-hybridized carbons (Fsp3) is 0.500. The molecule has 3 heteroatoms. The van der Waals surface area contributed by atoms with E-state index in [4.69, 9.17) is 4.42 Å². The average molecular weight is 230 g/mol. The quantitative estimate of drug-likeness (QED) is 0.858. The largest absolute Gasteiger partial charge is 0.439 e. The van der Waals surface area contributed by atoms with Crippen LogP contribution in [-0.4, -0.2) is 11.5 Å². The molecule has 0 aliphatic heterocycles. The van der Waals surface area contributed by atoms with Crippen molar-refractivity contribution < 1.29 is 4.42 Å². The Kier molecular flexibility index (Phi) is 2.85. The first-order chi connectivity index (χ1) is 8.35. The number of rotatable bonds is 5. The maximum absolute atomic E-state index is 5.70. The zero-order valence-electron chi connectivity index (χ0n) is 10.2. The molecule has 3 nitrogen and oxygen atoms in total. The van der Waals surface area contributed by atoms with Gasteiger partial charge in [0.2, 0.25) is 5.89 Å². The van der Waals surface area contributed by atoms with Crippen molar-refractivity contribution in [2.75, 3.05) is 6.54 Å². The molecule has 1 saturated carbocycles. The molecule has 1 fully saturated rings. The first kappa shape index (κ1) is 10.8. The summed E-state index contributed by atoms with van der Waals surface area (Å²) in [5, 5.41) is 3.40. The van der Waals surface area contributed by atoms with Crippen LogP contribution in [0.5, 0.6) is 0 Å². The van der Waals surface area contributed by atoms with Gasteiger partial charge in [-0.3, -0.25) is 0 Å². The summed E-state index contributed by atoms with van der Waals surface area (Å²) in [6.07, 6.45) is 3.79. The number of aromatic nitrogens is 1. The number of fused-ring (bicyclic) bond motifs is 1. The minimum absolute atomic E-state index is 0.743. The second-order valence-electron chi connectivity index (χ2n) is 4.84. The van der Waals surface area contributed by atoms with Crippen LogP contribution in [-0.2, 0) is 13.0 Å². The van der Waals surface area contributed by atoms with Gasteiger partial charge in [-0.2, -0.15) is 0 Å². The number of oxazole rings is 1. The van der Waals surface area contributed by atoms with Crippen molar-refractivity contribution in [1.29, 1.82) is 0 Å². The molecule has 1 N–H and O–H groups in total. The van der Waals surface area contributed by atoms with Gasteiger partial charge in [-0.15, -0.1) is 0 Å². The fourth-order valence-corrected chi connectivity index (χ4v) is 2.02. The predicted octanol–water partition coefficient (Wildman–Crippen LogP) is 2.89. The third-order valence-corrected chi connectivity index (χ3v) is 3.31. The Labute approximate surface area is 101 Å². The standard InChI is InChI=1S/C14H18N2O/c1-2-10-5-6-13-12(7-10)16-14(17-13)9-15-8-11-3-4-11/h5-7,11,15H,2-4,8-9H2,1H3. The predicted molar refractivity (Wildman–Crippen MR) is 67.8 cm³/mol. The van der Waals surface area contributed by atoms with Crippen LogP contribution in [0.2, 0.25) is 0 Å². The van der Waals surface area contributed by atoms with E-state index in [9.17, 15) is 0 Å². The van der Waals surface area contributed by atoms with Gasteiger partial charge in [-0.05, 0) is 49.4 Å². The van der Waals surface area contributed by atoms with Crippen molar-refractivity contribution in [2.24, 2.45) is 5.92 Å². The summed E-state index contributed by atoms with van der Waals surface area (Å²) in [6.45, 7) is 3.99. The normalized spacial score (nSPS) is 15.6. The summed E-state index contributed by atoms with van der Waals surface area (Å²) >= 11 is 0. The molecule has 1 aromatic heterocycles. The van der Waals surface area contributed by atoms with Crippen LogP contribution < -0.4 is 5.32 Å². The van der Waals surface area contributed by atoms with Crippen LogP contribution in [0.15, 0.2) is 22.6 Å². The van der Waals surface area contributed by atoms with Crippen LogP contribution in [0, 0.1) is 5.92 Å². The summed E-state index contributed by atoms with van der Waals surface area (Å²) < 4.78 is 5.70. The Bertz CT molecular complexity index is 514. The van der Waals surface area contributed by atoms with Crippen LogP contribution in [0.3, 0.4) is 0 Å². The Hall–Kier alpha value is -1.35. The van der Waals surface area contributed by atoms with Crippen LogP contribution in [0.4, 0.5) is 0 Å². The average Bonchev–Trinajstić information content (AvgIpc) is 3.07. The Morgan fingerprint density at radius 1 is 1.41 bits per heavy atom. The number of aryl methyl sites for hydroxylation is 1. The number of benzene rings is 1. The number of nitrogens with one attached hydrogen (secondary N) is 1. The lowest BCUT2D eigenvalue weighted by Gasteiger charge is -1.97. The van der Waals surface area contributed by atoms with E-state index in [1.54, 1.807) is 0 Å². The number of hydrogen-bond acceptors (Lipinski definition) is 3. The monoisotopic (exact) mass is 230 g/mol. The zero-order valence-corrected chi connectivity index (χ0v) is 10.2. The number of nitrogens with zero attached hydrogens (tertiary/aromatic N) is 1. The molecule has 0 spiro atoms. The molecule has 1 aliphatic carbocycles. The van der Waals surface area contributed by atoms with Gasteiger partial charge in [-0.25, -0.2) is 4.98 Å².